The maximum absolute atomic E-state index is 12.7. The number of ether oxygens (including phenoxy) is 2. The van der Waals surface area contributed by atoms with Gasteiger partial charge in [0.15, 0.2) is 0 Å². The number of morpholine rings is 1. The van der Waals surface area contributed by atoms with Crippen molar-refractivity contribution in [1.82, 2.24) is 9.21 Å². The number of hydrogen-bond donors (Lipinski definition) is 0. The first-order valence-corrected chi connectivity index (χ1v) is 12.0. The second-order valence-electron chi connectivity index (χ2n) is 7.57. The van der Waals surface area contributed by atoms with E-state index >= 15 is 0 Å². The summed E-state index contributed by atoms with van der Waals surface area (Å²) in [7, 11) is -3.50. The minimum absolute atomic E-state index is 0.0577. The highest BCUT2D eigenvalue weighted by Gasteiger charge is 2.28. The van der Waals surface area contributed by atoms with E-state index in [0.29, 0.717) is 71.7 Å². The molecule has 0 N–H and O–H groups in total. The number of benzene rings is 1. The zero-order valence-corrected chi connectivity index (χ0v) is 18.2. The third kappa shape index (κ3) is 5.59. The van der Waals surface area contributed by atoms with Gasteiger partial charge in [0.05, 0.1) is 30.6 Å². The molecule has 1 aromatic rings. The van der Waals surface area contributed by atoms with Gasteiger partial charge in [-0.3, -0.25) is 9.59 Å². The van der Waals surface area contributed by atoms with Crippen molar-refractivity contribution in [3.8, 4) is 0 Å². The van der Waals surface area contributed by atoms with Gasteiger partial charge in [-0.15, -0.1) is 0 Å². The number of hydrogen-bond acceptors (Lipinski definition) is 6. The number of aryl methyl sites for hydroxylation is 1. The molecular weight excluding hydrogens is 408 g/mol. The van der Waals surface area contributed by atoms with Gasteiger partial charge in [-0.25, -0.2) is 8.42 Å². The summed E-state index contributed by atoms with van der Waals surface area (Å²) in [6.45, 7) is 4.87. The van der Waals surface area contributed by atoms with Crippen LogP contribution in [0, 0.1) is 5.92 Å². The van der Waals surface area contributed by atoms with Crippen LogP contribution in [0.2, 0.25) is 0 Å². The first-order valence-electron chi connectivity index (χ1n) is 10.5. The lowest BCUT2D eigenvalue weighted by atomic mass is 9.96. The minimum Gasteiger partial charge on any atom is -0.466 e. The van der Waals surface area contributed by atoms with Crippen LogP contribution in [-0.4, -0.2) is 75.5 Å². The normalized spacial score (nSPS) is 18.9. The molecule has 2 aliphatic heterocycles. The van der Waals surface area contributed by atoms with Gasteiger partial charge in [0.2, 0.25) is 15.9 Å². The largest absolute Gasteiger partial charge is 0.466 e. The van der Waals surface area contributed by atoms with Crippen LogP contribution in [0.5, 0.6) is 0 Å². The number of likely N-dealkylation sites (tertiary alicyclic amines) is 1. The van der Waals surface area contributed by atoms with E-state index in [4.69, 9.17) is 9.47 Å². The van der Waals surface area contributed by atoms with Crippen LogP contribution in [-0.2, 0) is 35.5 Å². The zero-order chi connectivity index (χ0) is 21.6. The Morgan fingerprint density at radius 3 is 2.30 bits per heavy atom. The van der Waals surface area contributed by atoms with Crippen LogP contribution in [0.4, 0.5) is 0 Å². The number of esters is 1. The highest BCUT2D eigenvalue weighted by atomic mass is 32.2. The van der Waals surface area contributed by atoms with Gasteiger partial charge >= 0.3 is 5.97 Å². The molecule has 2 aliphatic rings. The summed E-state index contributed by atoms with van der Waals surface area (Å²) >= 11 is 0. The number of rotatable bonds is 7. The molecule has 166 valence electrons. The highest BCUT2D eigenvalue weighted by Crippen LogP contribution is 2.21. The molecule has 1 aromatic carbocycles. The molecule has 2 heterocycles. The van der Waals surface area contributed by atoms with Gasteiger partial charge in [0.1, 0.15) is 0 Å². The summed E-state index contributed by atoms with van der Waals surface area (Å²) in [6, 6.07) is 6.76. The lowest BCUT2D eigenvalue weighted by molar-refractivity contribution is -0.151. The van der Waals surface area contributed by atoms with E-state index in [-0.39, 0.29) is 22.7 Å². The summed E-state index contributed by atoms with van der Waals surface area (Å²) in [5, 5.41) is 0. The van der Waals surface area contributed by atoms with Crippen LogP contribution in [0.1, 0.15) is 31.7 Å². The van der Waals surface area contributed by atoms with Crippen molar-refractivity contribution in [3.05, 3.63) is 29.8 Å². The molecule has 30 heavy (non-hydrogen) atoms. The van der Waals surface area contributed by atoms with Crippen molar-refractivity contribution in [2.45, 2.75) is 37.5 Å². The standard InChI is InChI=1S/C21H30N2O6S/c1-2-29-21(25)18-9-11-22(12-10-18)20(24)8-5-17-3-6-19(7-4-17)30(26,27)23-13-15-28-16-14-23/h3-4,6-7,18H,2,5,8-16H2,1H3. The summed E-state index contributed by atoms with van der Waals surface area (Å²) in [6.07, 6.45) is 2.19. The van der Waals surface area contributed by atoms with Crippen molar-refractivity contribution >= 4 is 21.9 Å². The molecule has 0 unspecified atom stereocenters. The van der Waals surface area contributed by atoms with Crippen molar-refractivity contribution in [3.63, 3.8) is 0 Å². The Hall–Kier alpha value is -1.97. The quantitative estimate of drug-likeness (QED) is 0.598. The van der Waals surface area contributed by atoms with Gasteiger partial charge in [-0.2, -0.15) is 4.31 Å². The fourth-order valence-corrected chi connectivity index (χ4v) is 5.21. The van der Waals surface area contributed by atoms with Gasteiger partial charge in [-0.1, -0.05) is 12.1 Å². The first kappa shape index (κ1) is 22.7. The lowest BCUT2D eigenvalue weighted by Crippen LogP contribution is -2.40. The Labute approximate surface area is 178 Å². The summed E-state index contributed by atoms with van der Waals surface area (Å²) in [5.74, 6) is -0.228. The molecule has 1 amide bonds. The number of carbonyl (C=O) groups is 2. The minimum atomic E-state index is -3.50. The summed E-state index contributed by atoms with van der Waals surface area (Å²) in [5.41, 5.74) is 0.922. The third-order valence-electron chi connectivity index (χ3n) is 5.63. The SMILES string of the molecule is CCOC(=O)C1CCN(C(=O)CCc2ccc(S(=O)(=O)N3CCOCC3)cc2)CC1. The van der Waals surface area contributed by atoms with Crippen LogP contribution in [0.25, 0.3) is 0 Å². The Bertz CT molecular complexity index is 826. The molecule has 2 saturated heterocycles. The molecule has 8 nitrogen and oxygen atoms in total. The van der Waals surface area contributed by atoms with Crippen LogP contribution in [0.15, 0.2) is 29.2 Å². The van der Waals surface area contributed by atoms with E-state index in [0.717, 1.165) is 5.56 Å². The molecule has 3 rings (SSSR count). The van der Waals surface area contributed by atoms with Crippen molar-refractivity contribution < 1.29 is 27.5 Å². The fourth-order valence-electron chi connectivity index (χ4n) is 3.80. The molecule has 2 fully saturated rings. The predicted octanol–water partition coefficient (Wildman–Crippen LogP) is 1.44. The van der Waals surface area contributed by atoms with Crippen LogP contribution in [0.3, 0.4) is 0 Å². The zero-order valence-electron chi connectivity index (χ0n) is 17.4. The van der Waals surface area contributed by atoms with Crippen LogP contribution < -0.4 is 0 Å². The Morgan fingerprint density at radius 1 is 1.07 bits per heavy atom. The van der Waals surface area contributed by atoms with E-state index < -0.39 is 10.0 Å². The number of sulfonamides is 1. The number of carbonyl (C=O) groups excluding carboxylic acids is 2. The van der Waals surface area contributed by atoms with Gasteiger partial charge in [-0.05, 0) is 43.9 Å². The molecular formula is C21H30N2O6S. The summed E-state index contributed by atoms with van der Waals surface area (Å²) in [4.78, 5) is 26.4. The average molecular weight is 439 g/mol. The molecule has 0 aliphatic carbocycles. The smallest absolute Gasteiger partial charge is 0.309 e. The first-order chi connectivity index (χ1) is 14.4. The number of nitrogens with zero attached hydrogens (tertiary/aromatic N) is 2. The van der Waals surface area contributed by atoms with E-state index in [9.17, 15) is 18.0 Å². The molecule has 0 radical (unpaired) electrons. The fraction of sp³-hybridized carbons (Fsp3) is 0.619. The van der Waals surface area contributed by atoms with Gasteiger partial charge in [0.25, 0.3) is 0 Å². The molecule has 0 spiro atoms. The lowest BCUT2D eigenvalue weighted by Gasteiger charge is -2.31. The van der Waals surface area contributed by atoms with E-state index in [1.807, 2.05) is 0 Å². The second-order valence-corrected chi connectivity index (χ2v) is 9.51. The van der Waals surface area contributed by atoms with E-state index in [1.54, 1.807) is 36.1 Å². The maximum atomic E-state index is 12.7. The number of piperidine rings is 1. The van der Waals surface area contributed by atoms with Crippen molar-refractivity contribution in [2.24, 2.45) is 5.92 Å². The Balaban J connectivity index is 1.48. The Morgan fingerprint density at radius 2 is 1.70 bits per heavy atom. The highest BCUT2D eigenvalue weighted by molar-refractivity contribution is 7.89. The Kier molecular flexibility index (Phi) is 7.85. The van der Waals surface area contributed by atoms with E-state index in [1.165, 1.54) is 4.31 Å². The average Bonchev–Trinajstić information content (AvgIpc) is 2.78. The maximum Gasteiger partial charge on any atom is 0.309 e. The summed E-state index contributed by atoms with van der Waals surface area (Å²) < 4.78 is 37.0. The van der Waals surface area contributed by atoms with Gasteiger partial charge in [0, 0.05) is 32.6 Å². The molecule has 0 bridgehead atoms. The van der Waals surface area contributed by atoms with Gasteiger partial charge < -0.3 is 14.4 Å². The molecule has 0 atom stereocenters. The monoisotopic (exact) mass is 438 g/mol. The predicted molar refractivity (Wildman–Crippen MR) is 110 cm³/mol. The molecule has 9 heteroatoms. The van der Waals surface area contributed by atoms with Crippen LogP contribution >= 0.6 is 0 Å². The second kappa shape index (κ2) is 10.4. The molecule has 0 aromatic heterocycles. The van der Waals surface area contributed by atoms with E-state index in [2.05, 4.69) is 0 Å². The van der Waals surface area contributed by atoms with Crippen molar-refractivity contribution in [2.75, 3.05) is 46.0 Å². The number of amides is 1. The van der Waals surface area contributed by atoms with Crippen molar-refractivity contribution in [1.29, 1.82) is 0 Å². The topological polar surface area (TPSA) is 93.2 Å². The molecule has 0 saturated carbocycles. The third-order valence-corrected chi connectivity index (χ3v) is 7.54.